The molecule has 0 N–H and O–H groups in total. The van der Waals surface area contributed by atoms with Crippen LogP contribution in [0.15, 0.2) is 40.9 Å². The van der Waals surface area contributed by atoms with Crippen molar-refractivity contribution in [3.8, 4) is 11.5 Å². The molecule has 2 amide bonds. The number of imide groups is 1. The van der Waals surface area contributed by atoms with Gasteiger partial charge in [0.2, 0.25) is 0 Å². The number of ether oxygens (including phenoxy) is 2. The minimum absolute atomic E-state index is 0.345. The molecule has 1 aliphatic heterocycles. The molecule has 6 nitrogen and oxygen atoms in total. The van der Waals surface area contributed by atoms with E-state index in [0.717, 1.165) is 11.0 Å². The van der Waals surface area contributed by atoms with Gasteiger partial charge in [0.25, 0.3) is 11.8 Å². The molecule has 0 fully saturated rings. The number of fused-ring (bicyclic) bond motifs is 1. The number of anilines is 1. The fourth-order valence-corrected chi connectivity index (χ4v) is 4.10. The third kappa shape index (κ3) is 4.37. The van der Waals surface area contributed by atoms with E-state index in [2.05, 4.69) is 48.5 Å². The quantitative estimate of drug-likeness (QED) is 0.516. The highest BCUT2D eigenvalue weighted by Crippen LogP contribution is 2.36. The molecule has 3 rings (SSSR count). The lowest BCUT2D eigenvalue weighted by Crippen LogP contribution is -2.39. The number of nitrogens with zero attached hydrogens (tertiary/aromatic N) is 2. The summed E-state index contributed by atoms with van der Waals surface area (Å²) in [7, 11) is 1.54. The molecule has 30 heavy (non-hydrogen) atoms. The second kappa shape index (κ2) is 9.18. The number of rotatable bonds is 8. The predicted molar refractivity (Wildman–Crippen MR) is 121 cm³/mol. The maximum absolute atomic E-state index is 12.8. The van der Waals surface area contributed by atoms with Gasteiger partial charge >= 0.3 is 0 Å². The maximum atomic E-state index is 12.8. The van der Waals surface area contributed by atoms with Crippen molar-refractivity contribution in [2.24, 2.45) is 0 Å². The Hall–Kier alpha value is -2.38. The van der Waals surface area contributed by atoms with Crippen LogP contribution >= 0.6 is 15.9 Å². The highest BCUT2D eigenvalue weighted by Gasteiger charge is 2.37. The lowest BCUT2D eigenvalue weighted by Gasteiger charge is -2.30. The average Bonchev–Trinajstić information content (AvgIpc) is 2.94. The van der Waals surface area contributed by atoms with Crippen LogP contribution < -0.4 is 14.4 Å². The van der Waals surface area contributed by atoms with E-state index in [-0.39, 0.29) is 11.8 Å². The van der Waals surface area contributed by atoms with Gasteiger partial charge in [-0.3, -0.25) is 14.5 Å². The van der Waals surface area contributed by atoms with Gasteiger partial charge in [-0.15, -0.1) is 0 Å². The normalized spacial score (nSPS) is 13.6. The molecule has 7 heteroatoms. The van der Waals surface area contributed by atoms with E-state index in [4.69, 9.17) is 9.47 Å². The van der Waals surface area contributed by atoms with E-state index in [1.54, 1.807) is 43.5 Å². The highest BCUT2D eigenvalue weighted by molar-refractivity contribution is 9.10. The maximum Gasteiger partial charge on any atom is 0.266 e. The Kier molecular flexibility index (Phi) is 6.83. The van der Waals surface area contributed by atoms with E-state index < -0.39 is 0 Å². The van der Waals surface area contributed by atoms with Crippen LogP contribution in [0.5, 0.6) is 11.5 Å². The van der Waals surface area contributed by atoms with Gasteiger partial charge in [0.15, 0.2) is 11.5 Å². The van der Waals surface area contributed by atoms with Gasteiger partial charge in [0.1, 0.15) is 6.61 Å². The predicted octanol–water partition coefficient (Wildman–Crippen LogP) is 4.76. The molecule has 0 aliphatic carbocycles. The molecule has 0 spiro atoms. The Labute approximate surface area is 185 Å². The van der Waals surface area contributed by atoms with Crippen LogP contribution in [0.2, 0.25) is 0 Å². The van der Waals surface area contributed by atoms with Gasteiger partial charge in [0.05, 0.1) is 23.9 Å². The molecule has 0 aromatic heterocycles. The van der Waals surface area contributed by atoms with Crippen molar-refractivity contribution in [2.45, 2.75) is 39.8 Å². The van der Waals surface area contributed by atoms with Crippen LogP contribution in [0.4, 0.5) is 5.69 Å². The Morgan fingerprint density at radius 3 is 2.23 bits per heavy atom. The summed E-state index contributed by atoms with van der Waals surface area (Å²) in [5.74, 6) is 0.359. The Morgan fingerprint density at radius 1 is 0.933 bits per heavy atom. The highest BCUT2D eigenvalue weighted by atomic mass is 79.9. The molecule has 0 saturated carbocycles. The SMILES string of the molecule is COc1cc(N2C(=O)c3ccc(Br)cc3C2=O)ccc1OCCN(C(C)C)C(C)C. The number of benzene rings is 2. The van der Waals surface area contributed by atoms with Gasteiger partial charge < -0.3 is 9.47 Å². The Bertz CT molecular complexity index is 950. The molecule has 0 unspecified atom stereocenters. The van der Waals surface area contributed by atoms with Gasteiger partial charge in [-0.05, 0) is 58.0 Å². The van der Waals surface area contributed by atoms with Gasteiger partial charge in [-0.1, -0.05) is 15.9 Å². The van der Waals surface area contributed by atoms with E-state index >= 15 is 0 Å². The number of carbonyl (C=O) groups excluding carboxylic acids is 2. The van der Waals surface area contributed by atoms with Crippen molar-refractivity contribution in [1.82, 2.24) is 4.90 Å². The summed E-state index contributed by atoms with van der Waals surface area (Å²) in [5, 5.41) is 0. The summed E-state index contributed by atoms with van der Waals surface area (Å²) in [5.41, 5.74) is 1.23. The molecule has 2 aromatic carbocycles. The number of hydrogen-bond donors (Lipinski definition) is 0. The summed E-state index contributed by atoms with van der Waals surface area (Å²) in [6.45, 7) is 9.94. The van der Waals surface area contributed by atoms with Gasteiger partial charge in [-0.2, -0.15) is 0 Å². The average molecular weight is 475 g/mol. The lowest BCUT2D eigenvalue weighted by molar-refractivity contribution is 0.0926. The first-order valence-electron chi connectivity index (χ1n) is 9.99. The minimum Gasteiger partial charge on any atom is -0.493 e. The van der Waals surface area contributed by atoms with Crippen LogP contribution in [-0.2, 0) is 0 Å². The topological polar surface area (TPSA) is 59.1 Å². The largest absolute Gasteiger partial charge is 0.493 e. The van der Waals surface area contributed by atoms with Crippen LogP contribution in [0.1, 0.15) is 48.4 Å². The zero-order valence-electron chi connectivity index (χ0n) is 17.9. The molecule has 0 radical (unpaired) electrons. The van der Waals surface area contributed by atoms with Crippen molar-refractivity contribution < 1.29 is 19.1 Å². The fraction of sp³-hybridized carbons (Fsp3) is 0.391. The first kappa shape index (κ1) is 22.3. The first-order valence-corrected chi connectivity index (χ1v) is 10.8. The molecule has 0 saturated heterocycles. The standard InChI is InChI=1S/C23H27BrN2O4/c1-14(2)25(15(3)4)10-11-30-20-9-7-17(13-21(20)29-5)26-22(27)18-8-6-16(24)12-19(18)23(26)28/h6-9,12-15H,10-11H2,1-5H3. The number of hydrogen-bond acceptors (Lipinski definition) is 5. The minimum atomic E-state index is -0.350. The molecular weight excluding hydrogens is 448 g/mol. The molecule has 0 atom stereocenters. The molecule has 0 bridgehead atoms. The van der Waals surface area contributed by atoms with Crippen molar-refractivity contribution in [3.63, 3.8) is 0 Å². The van der Waals surface area contributed by atoms with Crippen LogP contribution in [0.3, 0.4) is 0 Å². The van der Waals surface area contributed by atoms with E-state index in [1.807, 2.05) is 0 Å². The van der Waals surface area contributed by atoms with E-state index in [1.165, 1.54) is 4.90 Å². The summed E-state index contributed by atoms with van der Waals surface area (Å²) in [4.78, 5) is 29.1. The first-order chi connectivity index (χ1) is 14.2. The molecule has 2 aromatic rings. The van der Waals surface area contributed by atoms with Crippen LogP contribution in [0.25, 0.3) is 0 Å². The smallest absolute Gasteiger partial charge is 0.266 e. The third-order valence-electron chi connectivity index (χ3n) is 5.19. The molecule has 1 aliphatic rings. The van der Waals surface area contributed by atoms with E-state index in [9.17, 15) is 9.59 Å². The molecule has 1 heterocycles. The summed E-state index contributed by atoms with van der Waals surface area (Å²) in [6, 6.07) is 11.0. The third-order valence-corrected chi connectivity index (χ3v) is 5.68. The van der Waals surface area contributed by atoms with Crippen LogP contribution in [-0.4, -0.2) is 49.1 Å². The number of methoxy groups -OCH3 is 1. The zero-order valence-corrected chi connectivity index (χ0v) is 19.5. The molecule has 160 valence electrons. The van der Waals surface area contributed by atoms with Crippen molar-refractivity contribution in [2.75, 3.05) is 25.2 Å². The van der Waals surface area contributed by atoms with E-state index in [0.29, 0.717) is 47.0 Å². The lowest BCUT2D eigenvalue weighted by atomic mass is 10.1. The second-order valence-electron chi connectivity index (χ2n) is 7.74. The molecular formula is C23H27BrN2O4. The number of amides is 2. The zero-order chi connectivity index (χ0) is 22.0. The second-order valence-corrected chi connectivity index (χ2v) is 8.66. The summed E-state index contributed by atoms with van der Waals surface area (Å²) < 4.78 is 12.2. The number of carbonyl (C=O) groups is 2. The summed E-state index contributed by atoms with van der Waals surface area (Å²) >= 11 is 3.35. The fourth-order valence-electron chi connectivity index (χ4n) is 3.74. The van der Waals surface area contributed by atoms with Gasteiger partial charge in [-0.25, -0.2) is 4.90 Å². The van der Waals surface area contributed by atoms with Crippen molar-refractivity contribution in [1.29, 1.82) is 0 Å². The monoisotopic (exact) mass is 474 g/mol. The Balaban J connectivity index is 1.78. The van der Waals surface area contributed by atoms with Crippen molar-refractivity contribution in [3.05, 3.63) is 52.0 Å². The number of halogens is 1. The van der Waals surface area contributed by atoms with Crippen molar-refractivity contribution >= 4 is 33.4 Å². The van der Waals surface area contributed by atoms with Gasteiger partial charge in [0, 0.05) is 29.2 Å². The van der Waals surface area contributed by atoms with Crippen LogP contribution in [0, 0.1) is 0 Å². The summed E-state index contributed by atoms with van der Waals surface area (Å²) in [6.07, 6.45) is 0. The Morgan fingerprint density at radius 2 is 1.60 bits per heavy atom.